The molecule has 0 fully saturated rings. The third-order valence-electron chi connectivity index (χ3n) is 7.46. The van der Waals surface area contributed by atoms with E-state index >= 15 is 0 Å². The zero-order valence-electron chi connectivity index (χ0n) is 25.9. The Morgan fingerprint density at radius 2 is 1.47 bits per heavy atom. The number of anilines is 1. The van der Waals surface area contributed by atoms with E-state index < -0.39 is 28.5 Å². The SMILES string of the molecule is CC(C)NC(=O)[C@H](Cc1ccccc1)N(Cc1ccc(Cl)c(Cl)c1)C(=O)CN(c1ccc2c(c1)OCCO2)S(=O)(=O)c1ccccc1. The molecule has 0 radical (unpaired) electrons. The first kappa shape index (κ1) is 34.1. The van der Waals surface area contributed by atoms with Crippen LogP contribution in [0, 0.1) is 0 Å². The van der Waals surface area contributed by atoms with E-state index in [4.69, 9.17) is 32.7 Å². The van der Waals surface area contributed by atoms with Gasteiger partial charge in [-0.05, 0) is 61.4 Å². The molecular weight excluding hydrogens is 661 g/mol. The molecular formula is C35H35Cl2N3O6S. The zero-order valence-corrected chi connectivity index (χ0v) is 28.3. The van der Waals surface area contributed by atoms with Crippen LogP contribution < -0.4 is 19.1 Å². The quantitative estimate of drug-likeness (QED) is 0.191. The van der Waals surface area contributed by atoms with Crippen LogP contribution in [0.4, 0.5) is 5.69 Å². The Hall–Kier alpha value is -4.25. The molecule has 1 N–H and O–H groups in total. The second kappa shape index (κ2) is 15.1. The van der Waals surface area contributed by atoms with Crippen LogP contribution in [0.3, 0.4) is 0 Å². The van der Waals surface area contributed by atoms with E-state index in [1.165, 1.54) is 17.0 Å². The second-order valence-electron chi connectivity index (χ2n) is 11.3. The van der Waals surface area contributed by atoms with Gasteiger partial charge in [-0.25, -0.2) is 8.42 Å². The summed E-state index contributed by atoms with van der Waals surface area (Å²) in [6.07, 6.45) is 0.182. The minimum Gasteiger partial charge on any atom is -0.486 e. The normalized spacial score (nSPS) is 13.1. The molecule has 0 saturated heterocycles. The number of ether oxygens (including phenoxy) is 2. The van der Waals surface area contributed by atoms with Crippen LogP contribution in [0.1, 0.15) is 25.0 Å². The van der Waals surface area contributed by atoms with E-state index in [1.807, 2.05) is 44.2 Å². The minimum atomic E-state index is -4.27. The van der Waals surface area contributed by atoms with E-state index in [1.54, 1.807) is 54.6 Å². The summed E-state index contributed by atoms with van der Waals surface area (Å²) in [5.41, 5.74) is 1.64. The van der Waals surface area contributed by atoms with Gasteiger partial charge in [0.1, 0.15) is 25.8 Å². The molecule has 4 aromatic rings. The second-order valence-corrected chi connectivity index (χ2v) is 14.0. The van der Waals surface area contributed by atoms with E-state index in [-0.39, 0.29) is 40.5 Å². The van der Waals surface area contributed by atoms with Gasteiger partial charge in [0.2, 0.25) is 11.8 Å². The molecule has 0 unspecified atom stereocenters. The highest BCUT2D eigenvalue weighted by Crippen LogP contribution is 2.36. The third kappa shape index (κ3) is 8.38. The van der Waals surface area contributed by atoms with Gasteiger partial charge in [0.25, 0.3) is 10.0 Å². The molecule has 0 aromatic heterocycles. The summed E-state index contributed by atoms with van der Waals surface area (Å²) < 4.78 is 40.8. The number of hydrogen-bond acceptors (Lipinski definition) is 6. The Morgan fingerprint density at radius 3 is 2.13 bits per heavy atom. The summed E-state index contributed by atoms with van der Waals surface area (Å²) in [6.45, 7) is 3.67. The van der Waals surface area contributed by atoms with E-state index in [0.29, 0.717) is 35.3 Å². The van der Waals surface area contributed by atoms with E-state index in [2.05, 4.69) is 5.32 Å². The van der Waals surface area contributed by atoms with Crippen molar-refractivity contribution in [2.24, 2.45) is 0 Å². The van der Waals surface area contributed by atoms with Crippen molar-refractivity contribution in [3.05, 3.63) is 118 Å². The van der Waals surface area contributed by atoms with Crippen molar-refractivity contribution in [1.29, 1.82) is 0 Å². The number of halogens is 2. The highest BCUT2D eigenvalue weighted by Gasteiger charge is 2.35. The summed E-state index contributed by atoms with van der Waals surface area (Å²) in [4.78, 5) is 29.8. The Kier molecular flexibility index (Phi) is 11.0. The molecule has 2 amide bonds. The van der Waals surface area contributed by atoms with Crippen LogP contribution >= 0.6 is 23.2 Å². The molecule has 0 saturated carbocycles. The smallest absolute Gasteiger partial charge is 0.264 e. The molecule has 1 atom stereocenters. The van der Waals surface area contributed by atoms with Gasteiger partial charge in [-0.1, -0.05) is 77.8 Å². The van der Waals surface area contributed by atoms with Crippen LogP contribution in [0.2, 0.25) is 10.0 Å². The van der Waals surface area contributed by atoms with Crippen molar-refractivity contribution >= 4 is 50.7 Å². The highest BCUT2D eigenvalue weighted by atomic mass is 35.5. The fourth-order valence-corrected chi connectivity index (χ4v) is 6.95. The largest absolute Gasteiger partial charge is 0.486 e. The number of carbonyl (C=O) groups excluding carboxylic acids is 2. The summed E-state index contributed by atoms with van der Waals surface area (Å²) in [6, 6.07) is 25.7. The summed E-state index contributed by atoms with van der Waals surface area (Å²) in [5.74, 6) is -0.155. The Morgan fingerprint density at radius 1 is 0.809 bits per heavy atom. The minimum absolute atomic E-state index is 0.00268. The lowest BCUT2D eigenvalue weighted by Gasteiger charge is -2.34. The maximum atomic E-state index is 14.6. The summed E-state index contributed by atoms with van der Waals surface area (Å²) in [5, 5.41) is 3.56. The van der Waals surface area contributed by atoms with Gasteiger partial charge in [0.05, 0.1) is 20.6 Å². The lowest BCUT2D eigenvalue weighted by atomic mass is 10.0. The van der Waals surface area contributed by atoms with E-state index in [0.717, 1.165) is 9.87 Å². The van der Waals surface area contributed by atoms with Gasteiger partial charge >= 0.3 is 0 Å². The maximum Gasteiger partial charge on any atom is 0.264 e. The lowest BCUT2D eigenvalue weighted by Crippen LogP contribution is -2.54. The van der Waals surface area contributed by atoms with Gasteiger partial charge in [-0.3, -0.25) is 13.9 Å². The number of carbonyl (C=O) groups is 2. The van der Waals surface area contributed by atoms with Crippen molar-refractivity contribution in [3.63, 3.8) is 0 Å². The Bertz CT molecular complexity index is 1820. The number of amides is 2. The number of fused-ring (bicyclic) bond motifs is 1. The number of rotatable bonds is 12. The molecule has 5 rings (SSSR count). The highest BCUT2D eigenvalue weighted by molar-refractivity contribution is 7.92. The maximum absolute atomic E-state index is 14.6. The number of hydrogen-bond donors (Lipinski definition) is 1. The van der Waals surface area contributed by atoms with Crippen molar-refractivity contribution in [2.45, 2.75) is 43.8 Å². The number of benzene rings is 4. The lowest BCUT2D eigenvalue weighted by molar-refractivity contribution is -0.140. The molecule has 9 nitrogen and oxygen atoms in total. The molecule has 1 heterocycles. The fourth-order valence-electron chi connectivity index (χ4n) is 5.20. The van der Waals surface area contributed by atoms with Crippen LogP contribution in [0.15, 0.2) is 102 Å². The average molecular weight is 697 g/mol. The van der Waals surface area contributed by atoms with E-state index in [9.17, 15) is 18.0 Å². The fraction of sp³-hybridized carbons (Fsp3) is 0.257. The van der Waals surface area contributed by atoms with Crippen molar-refractivity contribution in [2.75, 3.05) is 24.1 Å². The molecule has 0 spiro atoms. The van der Waals surface area contributed by atoms with Crippen molar-refractivity contribution in [3.8, 4) is 11.5 Å². The topological polar surface area (TPSA) is 105 Å². The molecule has 1 aliphatic heterocycles. The first-order valence-corrected chi connectivity index (χ1v) is 17.3. The van der Waals surface area contributed by atoms with Crippen molar-refractivity contribution in [1.82, 2.24) is 10.2 Å². The van der Waals surface area contributed by atoms with Gasteiger partial charge in [0, 0.05) is 25.1 Å². The van der Waals surface area contributed by atoms with Crippen molar-refractivity contribution < 1.29 is 27.5 Å². The van der Waals surface area contributed by atoms with Crippen LogP contribution in [0.5, 0.6) is 11.5 Å². The molecule has 1 aliphatic rings. The number of nitrogens with one attached hydrogen (secondary N) is 1. The molecule has 0 bridgehead atoms. The molecule has 12 heteroatoms. The molecule has 246 valence electrons. The first-order chi connectivity index (χ1) is 22.5. The van der Waals surface area contributed by atoms with Gasteiger partial charge in [0.15, 0.2) is 11.5 Å². The van der Waals surface area contributed by atoms with Gasteiger partial charge < -0.3 is 19.7 Å². The Labute approximate surface area is 285 Å². The number of nitrogens with zero attached hydrogens (tertiary/aromatic N) is 2. The number of sulfonamides is 1. The molecule has 4 aromatic carbocycles. The first-order valence-electron chi connectivity index (χ1n) is 15.1. The molecule has 47 heavy (non-hydrogen) atoms. The summed E-state index contributed by atoms with van der Waals surface area (Å²) in [7, 11) is -4.27. The zero-order chi connectivity index (χ0) is 33.6. The Balaban J connectivity index is 1.59. The monoisotopic (exact) mass is 695 g/mol. The van der Waals surface area contributed by atoms with Crippen LogP contribution in [0.25, 0.3) is 0 Å². The predicted molar refractivity (Wildman–Crippen MR) is 183 cm³/mol. The third-order valence-corrected chi connectivity index (χ3v) is 9.99. The predicted octanol–water partition coefficient (Wildman–Crippen LogP) is 6.12. The summed E-state index contributed by atoms with van der Waals surface area (Å²) >= 11 is 12.5. The standard InChI is InChI=1S/C35H35Cl2N3O6S/c1-24(2)38-35(42)31(20-25-9-5-3-6-10-25)39(22-26-13-15-29(36)30(37)19-26)34(41)23-40(47(43,44)28-11-7-4-8-12-28)27-14-16-32-33(21-27)46-18-17-45-32/h3-16,19,21,24,31H,17-18,20,22-23H2,1-2H3,(H,38,42)/t31-/m0/s1. The van der Waals surface area contributed by atoms with Crippen LogP contribution in [-0.2, 0) is 32.6 Å². The average Bonchev–Trinajstić information content (AvgIpc) is 3.07. The molecule has 0 aliphatic carbocycles. The van der Waals surface area contributed by atoms with Gasteiger partial charge in [-0.15, -0.1) is 0 Å². The van der Waals surface area contributed by atoms with Crippen LogP contribution in [-0.4, -0.2) is 57.0 Å². The van der Waals surface area contributed by atoms with Gasteiger partial charge in [-0.2, -0.15) is 0 Å².